The molecule has 2 N–H and O–H groups in total. The van der Waals surface area contributed by atoms with Gasteiger partial charge in [-0.25, -0.2) is 9.97 Å². The monoisotopic (exact) mass is 1280 g/mol. The Morgan fingerprint density at radius 3 is 1.60 bits per heavy atom. The Morgan fingerprint density at radius 1 is 0.714 bits per heavy atom. The molecular formula is C71H86Cl2N6O12. The number of phenolic OH excluding ortho intramolecular Hbond substituents is 1. The van der Waals surface area contributed by atoms with E-state index in [1.54, 1.807) is 94.5 Å². The molecule has 18 nitrogen and oxygen atoms in total. The van der Waals surface area contributed by atoms with Crippen molar-refractivity contribution < 1.29 is 62.1 Å². The second-order valence-electron chi connectivity index (χ2n) is 20.8. The predicted octanol–water partition coefficient (Wildman–Crippen LogP) is 14.6. The maximum atomic E-state index is 11.7. The average Bonchev–Trinajstić information content (AvgIpc) is 1.66. The van der Waals surface area contributed by atoms with Crippen molar-refractivity contribution in [2.75, 3.05) is 41.7 Å². The third-order valence-corrected chi connectivity index (χ3v) is 13.4. The number of rotatable bonds is 20. The lowest BCUT2D eigenvalue weighted by Crippen LogP contribution is -2.22. The molecular weight excluding hydrogens is 1200 g/mol. The number of carbonyl (C=O) groups excluding carboxylic acids is 3. The van der Waals surface area contributed by atoms with E-state index in [1.807, 2.05) is 131 Å². The number of hydrogen-bond acceptors (Lipinski definition) is 15. The summed E-state index contributed by atoms with van der Waals surface area (Å²) in [6, 6.07) is 48.6. The fourth-order valence-corrected chi connectivity index (χ4v) is 8.33. The zero-order valence-corrected chi connectivity index (χ0v) is 53.2. The molecule has 0 radical (unpaired) electrons. The molecule has 6 aromatic carbocycles. The maximum absolute atomic E-state index is 11.7. The second-order valence-corrected chi connectivity index (χ2v) is 21.3. The SMILES string of the molecule is C.C.CC(C)(C)OCl.CCOC(C)C(=O)Cc1ccc(OC)cc1.COc1ccc(CC(=O)C=[N+]=[N-])cc1.COc1ccc(CC(=O)Cl)cc1.COc1ccc(Cc2nc3c(Cc4ccccc4)nc(-c4ccc(O)cc4)cn3c2O)cc1.N#CCC1CCCO1. The van der Waals surface area contributed by atoms with Crippen LogP contribution in [-0.2, 0) is 60.3 Å². The van der Waals surface area contributed by atoms with Crippen LogP contribution in [0.1, 0.15) is 108 Å². The van der Waals surface area contributed by atoms with Gasteiger partial charge in [-0.1, -0.05) is 93.7 Å². The number of hydrogen-bond donors (Lipinski definition) is 2. The van der Waals surface area contributed by atoms with Crippen molar-refractivity contribution in [3.05, 3.63) is 203 Å². The lowest BCUT2D eigenvalue weighted by molar-refractivity contribution is -0.128. The Bertz CT molecular complexity index is 3490. The highest BCUT2D eigenvalue weighted by Gasteiger charge is 2.19. The van der Waals surface area contributed by atoms with Crippen LogP contribution in [0.15, 0.2) is 158 Å². The highest BCUT2D eigenvalue weighted by atomic mass is 35.5. The molecule has 0 spiro atoms. The highest BCUT2D eigenvalue weighted by molar-refractivity contribution is 6.63. The van der Waals surface area contributed by atoms with Crippen LogP contribution in [0.3, 0.4) is 0 Å². The molecule has 1 aliphatic rings. The minimum absolute atomic E-state index is 0. The van der Waals surface area contributed by atoms with Crippen LogP contribution in [0.5, 0.6) is 34.6 Å². The number of phenols is 1. The molecule has 1 fully saturated rings. The van der Waals surface area contributed by atoms with Crippen LogP contribution < -0.4 is 18.9 Å². The van der Waals surface area contributed by atoms with Gasteiger partial charge in [0.25, 0.3) is 0 Å². The van der Waals surface area contributed by atoms with Gasteiger partial charge in [-0.3, -0.25) is 23.1 Å². The first kappa shape index (κ1) is 78.2. The first-order valence-corrected chi connectivity index (χ1v) is 29.2. The minimum Gasteiger partial charge on any atom is -0.508 e. The van der Waals surface area contributed by atoms with E-state index in [0.717, 1.165) is 87.7 Å². The molecule has 486 valence electrons. The van der Waals surface area contributed by atoms with Gasteiger partial charge in [-0.2, -0.15) is 10.1 Å². The van der Waals surface area contributed by atoms with E-state index < -0.39 is 0 Å². The minimum atomic E-state index is -0.347. The third kappa shape index (κ3) is 29.1. The molecule has 1 saturated heterocycles. The molecule has 2 unspecified atom stereocenters. The molecule has 0 saturated carbocycles. The molecule has 3 heterocycles. The number of fused-ring (bicyclic) bond motifs is 1. The largest absolute Gasteiger partial charge is 0.508 e. The van der Waals surface area contributed by atoms with Crippen LogP contribution in [0.25, 0.3) is 22.4 Å². The number of ketones is 2. The molecule has 0 amide bonds. The van der Waals surface area contributed by atoms with Crippen LogP contribution in [0.2, 0.25) is 0 Å². The number of carbonyl (C=O) groups is 3. The zero-order valence-electron chi connectivity index (χ0n) is 51.7. The molecule has 20 heteroatoms. The van der Waals surface area contributed by atoms with Crippen molar-refractivity contribution in [1.82, 2.24) is 14.4 Å². The van der Waals surface area contributed by atoms with Crippen molar-refractivity contribution in [3.63, 3.8) is 0 Å². The summed E-state index contributed by atoms with van der Waals surface area (Å²) in [5.41, 5.74) is 16.3. The van der Waals surface area contributed by atoms with E-state index in [9.17, 15) is 24.6 Å². The molecule has 9 rings (SSSR count). The summed E-state index contributed by atoms with van der Waals surface area (Å²) in [5, 5.41) is 28.6. The summed E-state index contributed by atoms with van der Waals surface area (Å²) in [7, 11) is 6.44. The van der Waals surface area contributed by atoms with Gasteiger partial charge in [0.05, 0.1) is 75.9 Å². The average molecular weight is 1290 g/mol. The number of nitriles is 1. The standard InChI is InChI=1S/C27H23N3O3.C13H18O3.C10H10N2O2.C9H9ClO2.C6H9NO.C4H9ClO.2CH4/c1-33-22-13-7-19(8-14-22)16-24-27(32)30-17-25(20-9-11-21(31)12-10-20)28-23(26(30)29-24)15-18-5-3-2-4-6-18;1-4-16-10(2)13(14)9-11-5-7-12(15-3)8-6-11;1-14-10-4-2-8(3-5-10)6-9(13)7-12-11;1-12-8-4-2-7(3-5-8)6-9(10)11;7-4-3-6-2-1-5-8-6;1-4(2,3)6-5;;/h2-14,17,31-32H,15-16H2,1H3;5-8,10H,4,9H2,1-3H3;2-5,7H,6H2,1H3;2-5H,6H2,1H3;6H,1-3,5H2;1-3H3;2*1H4. The van der Waals surface area contributed by atoms with E-state index in [1.165, 1.54) is 0 Å². The number of imidazole rings is 1. The van der Waals surface area contributed by atoms with Gasteiger partial charge >= 0.3 is 6.21 Å². The van der Waals surface area contributed by atoms with Crippen molar-refractivity contribution in [3.8, 4) is 52.0 Å². The second kappa shape index (κ2) is 42.1. The van der Waals surface area contributed by atoms with Crippen LogP contribution in [0, 0.1) is 11.3 Å². The number of Topliss-reactive ketones (excluding diaryl/α,β-unsaturated/α-hetero) is 2. The molecule has 0 bridgehead atoms. The smallest absolute Gasteiger partial charge is 0.323 e. The summed E-state index contributed by atoms with van der Waals surface area (Å²) >= 11 is 10.2. The molecule has 8 aromatic rings. The summed E-state index contributed by atoms with van der Waals surface area (Å²) in [5.74, 6) is 3.26. The van der Waals surface area contributed by atoms with Gasteiger partial charge in [0, 0.05) is 57.1 Å². The predicted molar refractivity (Wildman–Crippen MR) is 358 cm³/mol. The Hall–Kier alpha value is -8.92. The van der Waals surface area contributed by atoms with Crippen molar-refractivity contribution >= 4 is 52.1 Å². The Morgan fingerprint density at radius 2 is 1.18 bits per heavy atom. The number of aromatic nitrogens is 3. The van der Waals surface area contributed by atoms with Gasteiger partial charge in [0.1, 0.15) is 40.5 Å². The summed E-state index contributed by atoms with van der Waals surface area (Å²) in [4.78, 5) is 45.6. The lowest BCUT2D eigenvalue weighted by Gasteiger charge is -2.10. The number of benzene rings is 6. The van der Waals surface area contributed by atoms with E-state index >= 15 is 0 Å². The first-order chi connectivity index (χ1) is 42.7. The number of methoxy groups -OCH3 is 4. The fourth-order valence-electron chi connectivity index (χ4n) is 8.17. The Balaban J connectivity index is 0.000000411. The molecule has 91 heavy (non-hydrogen) atoms. The number of nitrogens with zero attached hydrogens (tertiary/aromatic N) is 6. The molecule has 2 aromatic heterocycles. The van der Waals surface area contributed by atoms with Crippen molar-refractivity contribution in [2.24, 2.45) is 0 Å². The molecule has 0 aliphatic carbocycles. The Labute approximate surface area is 546 Å². The van der Waals surface area contributed by atoms with Crippen molar-refractivity contribution in [2.45, 2.75) is 119 Å². The van der Waals surface area contributed by atoms with Crippen LogP contribution in [0.4, 0.5) is 0 Å². The first-order valence-electron chi connectivity index (χ1n) is 28.5. The number of aromatic hydroxyl groups is 2. The van der Waals surface area contributed by atoms with Crippen LogP contribution in [-0.4, -0.2) is 112 Å². The third-order valence-electron chi connectivity index (χ3n) is 12.9. The topological polar surface area (TPSA) is 247 Å². The number of halogens is 2. The fraction of sp³-hybridized carbons (Fsp3) is 0.338. The summed E-state index contributed by atoms with van der Waals surface area (Å²) in [6.07, 6.45) is 7.35. The van der Waals surface area contributed by atoms with E-state index in [0.29, 0.717) is 49.3 Å². The van der Waals surface area contributed by atoms with Crippen LogP contribution >= 0.6 is 23.5 Å². The highest BCUT2D eigenvalue weighted by Crippen LogP contribution is 2.30. The van der Waals surface area contributed by atoms with Gasteiger partial charge in [0.2, 0.25) is 16.9 Å². The Kier molecular flexibility index (Phi) is 36.2. The summed E-state index contributed by atoms with van der Waals surface area (Å²) < 4.78 is 36.7. The quantitative estimate of drug-likeness (QED) is 0.0312. The van der Waals surface area contributed by atoms with E-state index in [4.69, 9.17) is 72.6 Å². The van der Waals surface area contributed by atoms with E-state index in [-0.39, 0.29) is 73.9 Å². The van der Waals surface area contributed by atoms with Gasteiger partial charge in [0.15, 0.2) is 11.4 Å². The zero-order chi connectivity index (χ0) is 65.1. The van der Waals surface area contributed by atoms with Gasteiger partial charge in [-0.15, -0.1) is 0 Å². The van der Waals surface area contributed by atoms with Gasteiger partial charge in [-0.05, 0) is 160 Å². The maximum Gasteiger partial charge on any atom is 0.323 e. The molecule has 2 atom stereocenters. The summed E-state index contributed by atoms with van der Waals surface area (Å²) in [6.45, 7) is 10.8. The van der Waals surface area contributed by atoms with Gasteiger partial charge < -0.3 is 44.2 Å². The number of ether oxygens (including phenoxy) is 6. The lowest BCUT2D eigenvalue weighted by atomic mass is 10.1. The van der Waals surface area contributed by atoms with E-state index in [2.05, 4.69) is 15.1 Å². The normalized spacial score (nSPS) is 12.0. The molecule has 1 aliphatic heterocycles. The van der Waals surface area contributed by atoms with Crippen molar-refractivity contribution in [1.29, 1.82) is 5.26 Å².